The minimum absolute atomic E-state index is 0.130. The van der Waals surface area contributed by atoms with Crippen molar-refractivity contribution < 1.29 is 19.4 Å². The van der Waals surface area contributed by atoms with Gasteiger partial charge < -0.3 is 9.84 Å². The van der Waals surface area contributed by atoms with E-state index in [1.807, 2.05) is 6.26 Å². The van der Waals surface area contributed by atoms with Crippen LogP contribution < -0.4 is 0 Å². The zero-order valence-electron chi connectivity index (χ0n) is 9.94. The molecular weight excluding hydrogens is 240 g/mol. The van der Waals surface area contributed by atoms with Crippen LogP contribution in [-0.4, -0.2) is 29.9 Å². The van der Waals surface area contributed by atoms with E-state index < -0.39 is 11.9 Å². The number of hydrogen-bond acceptors (Lipinski definition) is 4. The second-order valence-electron chi connectivity index (χ2n) is 3.34. The maximum atomic E-state index is 11.8. The maximum Gasteiger partial charge on any atom is 0.339 e. The molecule has 92 valence electrons. The molecule has 4 nitrogen and oxygen atoms in total. The molecule has 0 bridgehead atoms. The van der Waals surface area contributed by atoms with Crippen LogP contribution in [-0.2, 0) is 4.74 Å². The lowest BCUT2D eigenvalue weighted by atomic mass is 10.0. The summed E-state index contributed by atoms with van der Waals surface area (Å²) in [5, 5.41) is 9.01. The van der Waals surface area contributed by atoms with Gasteiger partial charge in [0.25, 0.3) is 0 Å². The monoisotopic (exact) mass is 254 g/mol. The first-order valence-corrected chi connectivity index (χ1v) is 6.33. The molecule has 1 N–H and O–H groups in total. The molecule has 0 saturated carbocycles. The molecule has 0 aromatic heterocycles. The lowest BCUT2D eigenvalue weighted by Gasteiger charge is -2.12. The fourth-order valence-electron chi connectivity index (χ4n) is 1.55. The van der Waals surface area contributed by atoms with E-state index in [0.717, 1.165) is 4.90 Å². The van der Waals surface area contributed by atoms with Crippen molar-refractivity contribution in [2.24, 2.45) is 0 Å². The lowest BCUT2D eigenvalue weighted by Crippen LogP contribution is -2.12. The van der Waals surface area contributed by atoms with Crippen LogP contribution in [0.25, 0.3) is 0 Å². The van der Waals surface area contributed by atoms with E-state index in [-0.39, 0.29) is 12.2 Å². The third kappa shape index (κ3) is 2.79. The molecular formula is C12H14O4S. The molecule has 17 heavy (non-hydrogen) atoms. The van der Waals surface area contributed by atoms with Crippen LogP contribution in [0.2, 0.25) is 0 Å². The Morgan fingerprint density at radius 3 is 2.53 bits per heavy atom. The van der Waals surface area contributed by atoms with Crippen LogP contribution in [0.1, 0.15) is 33.2 Å². The van der Waals surface area contributed by atoms with Gasteiger partial charge in [-0.15, -0.1) is 11.8 Å². The summed E-state index contributed by atoms with van der Waals surface area (Å²) in [6, 6.07) is 3.14. The summed E-state index contributed by atoms with van der Waals surface area (Å²) in [5.41, 5.74) is 0.924. The number of aromatic carboxylic acids is 1. The summed E-state index contributed by atoms with van der Waals surface area (Å²) in [5.74, 6) is -1.52. The molecule has 0 atom stereocenters. The number of carbonyl (C=O) groups excluding carboxylic acids is 1. The highest BCUT2D eigenvalue weighted by Gasteiger charge is 2.20. The maximum absolute atomic E-state index is 11.8. The summed E-state index contributed by atoms with van der Waals surface area (Å²) in [4.78, 5) is 23.5. The molecule has 1 aromatic carbocycles. The first-order chi connectivity index (χ1) is 8.02. The largest absolute Gasteiger partial charge is 0.478 e. The van der Waals surface area contributed by atoms with Crippen molar-refractivity contribution in [3.63, 3.8) is 0 Å². The molecule has 0 unspecified atom stereocenters. The van der Waals surface area contributed by atoms with E-state index in [1.165, 1.54) is 17.8 Å². The summed E-state index contributed by atoms with van der Waals surface area (Å²) >= 11 is 1.39. The zero-order chi connectivity index (χ0) is 13.0. The van der Waals surface area contributed by atoms with Gasteiger partial charge in [0.05, 0.1) is 17.7 Å². The standard InChI is InChI=1S/C12H14O4S/c1-4-16-12(15)10-7(2)8(11(13)14)5-6-9(10)17-3/h5-6H,4H2,1-3H3,(H,13,14). The summed E-state index contributed by atoms with van der Waals surface area (Å²) in [7, 11) is 0. The number of rotatable bonds is 4. The van der Waals surface area contributed by atoms with Crippen molar-refractivity contribution in [1.29, 1.82) is 0 Å². The van der Waals surface area contributed by atoms with Gasteiger partial charge in [0, 0.05) is 4.90 Å². The molecule has 0 spiro atoms. The van der Waals surface area contributed by atoms with Crippen LogP contribution in [0.3, 0.4) is 0 Å². The van der Waals surface area contributed by atoms with E-state index in [2.05, 4.69) is 0 Å². The van der Waals surface area contributed by atoms with Gasteiger partial charge in [0.2, 0.25) is 0 Å². The van der Waals surface area contributed by atoms with Gasteiger partial charge in [0.1, 0.15) is 0 Å². The first-order valence-electron chi connectivity index (χ1n) is 5.10. The fraction of sp³-hybridized carbons (Fsp3) is 0.333. The Morgan fingerprint density at radius 2 is 2.06 bits per heavy atom. The minimum atomic E-state index is -1.04. The third-order valence-corrected chi connectivity index (χ3v) is 3.14. The molecule has 1 aromatic rings. The Balaban J connectivity index is 3.37. The van der Waals surface area contributed by atoms with Crippen molar-refractivity contribution in [1.82, 2.24) is 0 Å². The molecule has 0 aliphatic heterocycles. The second-order valence-corrected chi connectivity index (χ2v) is 4.19. The number of benzene rings is 1. The SMILES string of the molecule is CCOC(=O)c1c(SC)ccc(C(=O)O)c1C. The fourth-order valence-corrected chi connectivity index (χ4v) is 2.19. The number of carbonyl (C=O) groups is 2. The van der Waals surface area contributed by atoms with Crippen LogP contribution in [0.5, 0.6) is 0 Å². The molecule has 5 heteroatoms. The van der Waals surface area contributed by atoms with Crippen molar-refractivity contribution in [3.8, 4) is 0 Å². The predicted molar refractivity (Wildman–Crippen MR) is 65.9 cm³/mol. The summed E-state index contributed by atoms with van der Waals surface area (Å²) < 4.78 is 4.94. The number of esters is 1. The summed E-state index contributed by atoms with van der Waals surface area (Å²) in [6.45, 7) is 3.60. The van der Waals surface area contributed by atoms with Gasteiger partial charge in [-0.25, -0.2) is 9.59 Å². The Bertz CT molecular complexity index is 454. The van der Waals surface area contributed by atoms with Gasteiger partial charge in [0.15, 0.2) is 0 Å². The molecule has 1 rings (SSSR count). The predicted octanol–water partition coefficient (Wildman–Crippen LogP) is 2.59. The normalized spacial score (nSPS) is 10.1. The Morgan fingerprint density at radius 1 is 1.41 bits per heavy atom. The van der Waals surface area contributed by atoms with E-state index >= 15 is 0 Å². The molecule has 0 saturated heterocycles. The van der Waals surface area contributed by atoms with Gasteiger partial charge in [-0.3, -0.25) is 0 Å². The highest BCUT2D eigenvalue weighted by Crippen LogP contribution is 2.26. The molecule has 0 heterocycles. The molecule has 0 radical (unpaired) electrons. The molecule has 0 fully saturated rings. The molecule has 0 amide bonds. The average molecular weight is 254 g/mol. The number of ether oxygens (including phenoxy) is 1. The second kappa shape index (κ2) is 5.72. The van der Waals surface area contributed by atoms with Gasteiger partial charge >= 0.3 is 11.9 Å². The highest BCUT2D eigenvalue weighted by molar-refractivity contribution is 7.98. The quantitative estimate of drug-likeness (QED) is 0.661. The van der Waals surface area contributed by atoms with E-state index in [9.17, 15) is 9.59 Å². The summed E-state index contributed by atoms with van der Waals surface area (Å²) in [6.07, 6.45) is 1.83. The van der Waals surface area contributed by atoms with Crippen molar-refractivity contribution >= 4 is 23.7 Å². The highest BCUT2D eigenvalue weighted by atomic mass is 32.2. The average Bonchev–Trinajstić information content (AvgIpc) is 2.27. The van der Waals surface area contributed by atoms with Crippen LogP contribution in [0.15, 0.2) is 17.0 Å². The smallest absolute Gasteiger partial charge is 0.339 e. The van der Waals surface area contributed by atoms with Gasteiger partial charge in [-0.2, -0.15) is 0 Å². The van der Waals surface area contributed by atoms with Crippen LogP contribution in [0.4, 0.5) is 0 Å². The molecule has 0 aliphatic carbocycles. The third-order valence-electron chi connectivity index (χ3n) is 2.36. The van der Waals surface area contributed by atoms with Gasteiger partial charge in [-0.05, 0) is 37.8 Å². The van der Waals surface area contributed by atoms with Crippen LogP contribution >= 0.6 is 11.8 Å². The van der Waals surface area contributed by atoms with E-state index in [4.69, 9.17) is 9.84 Å². The molecule has 0 aliphatic rings. The Labute approximate surface area is 104 Å². The number of hydrogen-bond donors (Lipinski definition) is 1. The minimum Gasteiger partial charge on any atom is -0.478 e. The Kier molecular flexibility index (Phi) is 4.57. The van der Waals surface area contributed by atoms with Crippen molar-refractivity contribution in [3.05, 3.63) is 28.8 Å². The van der Waals surface area contributed by atoms with E-state index in [1.54, 1.807) is 19.9 Å². The van der Waals surface area contributed by atoms with E-state index in [0.29, 0.717) is 11.1 Å². The zero-order valence-corrected chi connectivity index (χ0v) is 10.8. The van der Waals surface area contributed by atoms with Gasteiger partial charge in [-0.1, -0.05) is 0 Å². The Hall–Kier alpha value is -1.49. The lowest BCUT2D eigenvalue weighted by molar-refractivity contribution is 0.0521. The van der Waals surface area contributed by atoms with Crippen LogP contribution in [0, 0.1) is 6.92 Å². The topological polar surface area (TPSA) is 63.6 Å². The number of carboxylic acids is 1. The first kappa shape index (κ1) is 13.6. The van der Waals surface area contributed by atoms with Crippen molar-refractivity contribution in [2.45, 2.75) is 18.7 Å². The number of carboxylic acid groups (broad SMARTS) is 1. The van der Waals surface area contributed by atoms with Crippen molar-refractivity contribution in [2.75, 3.05) is 12.9 Å². The number of thioether (sulfide) groups is 1.